The molecule has 0 saturated heterocycles. The molecule has 1 aromatic heterocycles. The molecule has 0 radical (unpaired) electrons. The molecule has 5 nitrogen and oxygen atoms in total. The third-order valence-electron chi connectivity index (χ3n) is 1.78. The van der Waals surface area contributed by atoms with E-state index in [4.69, 9.17) is 9.84 Å². The number of hydrogen-bond acceptors (Lipinski definition) is 3. The quantitative estimate of drug-likeness (QED) is 0.733. The first kappa shape index (κ1) is 10.3. The van der Waals surface area contributed by atoms with E-state index < -0.39 is 5.97 Å². The Morgan fingerprint density at radius 3 is 2.86 bits per heavy atom. The van der Waals surface area contributed by atoms with Crippen LogP contribution < -0.4 is 0 Å². The predicted octanol–water partition coefficient (Wildman–Crippen LogP) is 1.13. The lowest BCUT2D eigenvalue weighted by Crippen LogP contribution is -2.07. The summed E-state index contributed by atoms with van der Waals surface area (Å²) in [5.41, 5.74) is 0.112. The molecule has 76 valence electrons. The largest absolute Gasteiger partial charge is 0.491 e. The predicted molar refractivity (Wildman–Crippen MR) is 50.8 cm³/mol. The molecule has 0 amide bonds. The van der Waals surface area contributed by atoms with E-state index in [0.717, 1.165) is 0 Å². The topological polar surface area (TPSA) is 64.3 Å². The van der Waals surface area contributed by atoms with Crippen LogP contribution in [0.3, 0.4) is 0 Å². The maximum absolute atomic E-state index is 10.7. The smallest absolute Gasteiger partial charge is 0.354 e. The number of aromatic carboxylic acids is 1. The van der Waals surface area contributed by atoms with Crippen LogP contribution in [0.25, 0.3) is 5.76 Å². The molecular weight excluding hydrogens is 184 g/mol. The van der Waals surface area contributed by atoms with E-state index in [1.54, 1.807) is 7.05 Å². The second kappa shape index (κ2) is 3.95. The molecule has 14 heavy (non-hydrogen) atoms. The van der Waals surface area contributed by atoms with Gasteiger partial charge in [-0.15, -0.1) is 0 Å². The molecule has 0 aliphatic carbocycles. The van der Waals surface area contributed by atoms with E-state index in [-0.39, 0.29) is 5.69 Å². The molecule has 0 bridgehead atoms. The van der Waals surface area contributed by atoms with Crippen molar-refractivity contribution in [2.45, 2.75) is 6.92 Å². The van der Waals surface area contributed by atoms with Crippen LogP contribution in [0.4, 0.5) is 0 Å². The number of nitrogens with zero attached hydrogens (tertiary/aromatic N) is 2. The second-order valence-electron chi connectivity index (χ2n) is 2.69. The maximum Gasteiger partial charge on any atom is 0.354 e. The van der Waals surface area contributed by atoms with Crippen molar-refractivity contribution in [1.82, 2.24) is 9.55 Å². The van der Waals surface area contributed by atoms with E-state index in [1.807, 2.05) is 6.92 Å². The number of rotatable bonds is 4. The van der Waals surface area contributed by atoms with E-state index in [0.29, 0.717) is 18.2 Å². The number of imidazole rings is 1. The molecule has 0 aliphatic heterocycles. The van der Waals surface area contributed by atoms with Gasteiger partial charge in [0.1, 0.15) is 5.69 Å². The SMILES string of the molecule is C=C(OCC)c1ncc(C(=O)O)n1C. The Balaban J connectivity index is 3.00. The number of carboxylic acid groups (broad SMARTS) is 1. The van der Waals surface area contributed by atoms with Crippen LogP contribution >= 0.6 is 0 Å². The van der Waals surface area contributed by atoms with Gasteiger partial charge in [0.25, 0.3) is 0 Å². The van der Waals surface area contributed by atoms with Gasteiger partial charge in [-0.2, -0.15) is 0 Å². The maximum atomic E-state index is 10.7. The van der Waals surface area contributed by atoms with Gasteiger partial charge in [0.05, 0.1) is 12.8 Å². The van der Waals surface area contributed by atoms with Crippen molar-refractivity contribution in [3.63, 3.8) is 0 Å². The minimum absolute atomic E-state index is 0.112. The molecule has 0 unspecified atom stereocenters. The lowest BCUT2D eigenvalue weighted by molar-refractivity contribution is 0.0686. The number of carbonyl (C=O) groups is 1. The third-order valence-corrected chi connectivity index (χ3v) is 1.78. The summed E-state index contributed by atoms with van der Waals surface area (Å²) in [4.78, 5) is 14.6. The van der Waals surface area contributed by atoms with Crippen molar-refractivity contribution in [2.75, 3.05) is 6.61 Å². The van der Waals surface area contributed by atoms with E-state index in [2.05, 4.69) is 11.6 Å². The summed E-state index contributed by atoms with van der Waals surface area (Å²) in [6.07, 6.45) is 1.28. The highest BCUT2D eigenvalue weighted by molar-refractivity contribution is 5.86. The van der Waals surface area contributed by atoms with Crippen molar-refractivity contribution < 1.29 is 14.6 Å². The molecule has 0 saturated carbocycles. The molecular formula is C9H12N2O3. The average Bonchev–Trinajstić information content (AvgIpc) is 2.47. The standard InChI is InChI=1S/C9H12N2O3/c1-4-14-6(2)8-10-5-7(9(12)13)11(8)3/h5H,2,4H2,1,3H3,(H,12,13). The molecule has 0 aliphatic rings. The molecule has 1 rings (SSSR count). The van der Waals surface area contributed by atoms with Crippen LogP contribution in [0.1, 0.15) is 23.2 Å². The van der Waals surface area contributed by atoms with Crippen molar-refractivity contribution in [3.05, 3.63) is 24.3 Å². The lowest BCUT2D eigenvalue weighted by atomic mass is 10.4. The number of aromatic nitrogens is 2. The van der Waals surface area contributed by atoms with Crippen LogP contribution in [0.5, 0.6) is 0 Å². The van der Waals surface area contributed by atoms with Gasteiger partial charge in [0.15, 0.2) is 11.6 Å². The fraction of sp³-hybridized carbons (Fsp3) is 0.333. The third kappa shape index (κ3) is 1.76. The van der Waals surface area contributed by atoms with Gasteiger partial charge in [-0.1, -0.05) is 6.58 Å². The summed E-state index contributed by atoms with van der Waals surface area (Å²) >= 11 is 0. The summed E-state index contributed by atoms with van der Waals surface area (Å²) in [6, 6.07) is 0. The number of hydrogen-bond donors (Lipinski definition) is 1. The van der Waals surface area contributed by atoms with Crippen molar-refractivity contribution in [1.29, 1.82) is 0 Å². The monoisotopic (exact) mass is 196 g/mol. The Morgan fingerprint density at radius 2 is 2.43 bits per heavy atom. The molecule has 1 heterocycles. The Kier molecular flexibility index (Phi) is 2.91. The summed E-state index contributed by atoms with van der Waals surface area (Å²) in [5, 5.41) is 8.76. The van der Waals surface area contributed by atoms with Gasteiger partial charge in [0, 0.05) is 7.05 Å². The van der Waals surface area contributed by atoms with E-state index in [9.17, 15) is 4.79 Å². The molecule has 0 atom stereocenters. The van der Waals surface area contributed by atoms with Crippen molar-refractivity contribution >= 4 is 11.7 Å². The first-order valence-electron chi connectivity index (χ1n) is 4.15. The van der Waals surface area contributed by atoms with Crippen LogP contribution in [-0.2, 0) is 11.8 Å². The highest BCUT2D eigenvalue weighted by atomic mass is 16.5. The number of carboxylic acids is 1. The minimum atomic E-state index is -1.02. The zero-order chi connectivity index (χ0) is 10.7. The molecule has 5 heteroatoms. The van der Waals surface area contributed by atoms with Gasteiger partial charge < -0.3 is 14.4 Å². The summed E-state index contributed by atoms with van der Waals surface area (Å²) < 4.78 is 6.56. The molecule has 0 aromatic carbocycles. The normalized spacial score (nSPS) is 9.86. The number of ether oxygens (including phenoxy) is 1. The van der Waals surface area contributed by atoms with E-state index in [1.165, 1.54) is 10.8 Å². The fourth-order valence-electron chi connectivity index (χ4n) is 1.11. The Labute approximate surface area is 81.6 Å². The highest BCUT2D eigenvalue weighted by Gasteiger charge is 2.14. The Hall–Kier alpha value is -1.78. The van der Waals surface area contributed by atoms with Gasteiger partial charge in [-0.3, -0.25) is 0 Å². The van der Waals surface area contributed by atoms with Crippen LogP contribution in [-0.4, -0.2) is 27.2 Å². The molecule has 1 N–H and O–H groups in total. The van der Waals surface area contributed by atoms with Crippen molar-refractivity contribution in [3.8, 4) is 0 Å². The molecule has 0 fully saturated rings. The van der Waals surface area contributed by atoms with Crippen molar-refractivity contribution in [2.24, 2.45) is 7.05 Å². The summed E-state index contributed by atoms with van der Waals surface area (Å²) in [5.74, 6) is -0.206. The first-order chi connectivity index (χ1) is 6.57. The van der Waals surface area contributed by atoms with Crippen LogP contribution in [0.15, 0.2) is 12.8 Å². The minimum Gasteiger partial charge on any atom is -0.491 e. The van der Waals surface area contributed by atoms with Gasteiger partial charge in [-0.05, 0) is 6.92 Å². The van der Waals surface area contributed by atoms with Gasteiger partial charge in [-0.25, -0.2) is 9.78 Å². The lowest BCUT2D eigenvalue weighted by Gasteiger charge is -2.06. The zero-order valence-electron chi connectivity index (χ0n) is 8.15. The Bertz CT molecular complexity index is 368. The average molecular weight is 196 g/mol. The summed E-state index contributed by atoms with van der Waals surface area (Å²) in [6.45, 7) is 5.96. The second-order valence-corrected chi connectivity index (χ2v) is 2.69. The Morgan fingerprint density at radius 1 is 1.79 bits per heavy atom. The van der Waals surface area contributed by atoms with E-state index >= 15 is 0 Å². The summed E-state index contributed by atoms with van der Waals surface area (Å²) in [7, 11) is 1.61. The van der Waals surface area contributed by atoms with Crippen LogP contribution in [0.2, 0.25) is 0 Å². The van der Waals surface area contributed by atoms with Gasteiger partial charge in [0.2, 0.25) is 0 Å². The molecule has 1 aromatic rings. The van der Waals surface area contributed by atoms with Crippen LogP contribution in [0, 0.1) is 0 Å². The van der Waals surface area contributed by atoms with Gasteiger partial charge >= 0.3 is 5.97 Å². The first-order valence-corrected chi connectivity index (χ1v) is 4.15. The zero-order valence-corrected chi connectivity index (χ0v) is 8.15. The highest BCUT2D eigenvalue weighted by Crippen LogP contribution is 2.13. The molecule has 0 spiro atoms. The fourth-order valence-corrected chi connectivity index (χ4v) is 1.11.